The van der Waals surface area contributed by atoms with E-state index in [4.69, 9.17) is 4.74 Å². The van der Waals surface area contributed by atoms with Gasteiger partial charge in [0.2, 0.25) is 5.60 Å². The Balaban J connectivity index is 3.98. The number of aliphatic hydroxyl groups excluding tert-OH is 1. The van der Waals surface area contributed by atoms with Crippen LogP contribution in [0.1, 0.15) is 226 Å². The Kier molecular flexibility index (Phi) is 32.9. The largest absolute Gasteiger partial charge is 0.479 e. The summed E-state index contributed by atoms with van der Waals surface area (Å²) in [5.41, 5.74) is -2.07. The maximum absolute atomic E-state index is 12.2. The summed E-state index contributed by atoms with van der Waals surface area (Å²) in [7, 11) is 0. The Hall–Kier alpha value is -1.14. The highest BCUT2D eigenvalue weighted by molar-refractivity contribution is 5.87. The van der Waals surface area contributed by atoms with Crippen molar-refractivity contribution in [3.05, 3.63) is 0 Å². The van der Waals surface area contributed by atoms with Gasteiger partial charge < -0.3 is 20.1 Å². The quantitative estimate of drug-likeness (QED) is 0.0572. The fourth-order valence-corrected chi connectivity index (χ4v) is 6.61. The zero-order chi connectivity index (χ0) is 34.0. The number of hydrogen-bond donors (Lipinski definition) is 3. The van der Waals surface area contributed by atoms with Crippen LogP contribution in [0.4, 0.5) is 0 Å². The molecule has 0 heterocycles. The average molecular weight is 655 g/mol. The van der Waals surface area contributed by atoms with E-state index in [1.807, 2.05) is 0 Å². The van der Waals surface area contributed by atoms with Gasteiger partial charge in [-0.25, -0.2) is 9.59 Å². The molecule has 0 saturated carbocycles. The minimum absolute atomic E-state index is 0.0209. The minimum Gasteiger partial charge on any atom is -0.479 e. The van der Waals surface area contributed by atoms with Crippen molar-refractivity contribution in [2.75, 3.05) is 6.61 Å². The molecule has 0 aliphatic heterocycles. The highest BCUT2D eigenvalue weighted by Gasteiger charge is 2.50. The van der Waals surface area contributed by atoms with E-state index >= 15 is 0 Å². The first-order valence-electron chi connectivity index (χ1n) is 20.2. The molecule has 0 rings (SSSR count). The van der Waals surface area contributed by atoms with E-state index in [0.717, 1.165) is 32.1 Å². The minimum atomic E-state index is -2.07. The number of aliphatic hydroxyl groups is 1. The molecule has 6 heteroatoms. The van der Waals surface area contributed by atoms with Crippen LogP contribution in [0.15, 0.2) is 0 Å². The van der Waals surface area contributed by atoms with Gasteiger partial charge in [0.15, 0.2) is 6.10 Å². The number of ether oxygens (including phenoxy) is 1. The van der Waals surface area contributed by atoms with E-state index in [0.29, 0.717) is 12.8 Å². The lowest BCUT2D eigenvalue weighted by atomic mass is 9.89. The second kappa shape index (κ2) is 33.7. The van der Waals surface area contributed by atoms with Gasteiger partial charge in [0, 0.05) is 6.61 Å². The first-order valence-corrected chi connectivity index (χ1v) is 20.2. The van der Waals surface area contributed by atoms with Crippen molar-refractivity contribution in [2.45, 2.75) is 237 Å². The van der Waals surface area contributed by atoms with E-state index in [9.17, 15) is 24.9 Å². The first-order chi connectivity index (χ1) is 22.4. The normalized spacial score (nSPS) is 13.5. The second-order valence-electron chi connectivity index (χ2n) is 14.1. The standard InChI is InChI=1S/C40H78O6/c1-3-5-7-9-11-13-15-17-19-21-23-25-27-29-31-33-35-40(39(44)45,37(41)38(42)43)46-36-34-32-30-28-26-24-22-20-18-16-14-12-10-8-6-4-2/h37,41H,3-36H2,1-2H3,(H,42,43)(H,44,45). The number of carboxylic acids is 2. The summed E-state index contributed by atoms with van der Waals surface area (Å²) >= 11 is 0. The molecule has 0 aliphatic rings. The van der Waals surface area contributed by atoms with Gasteiger partial charge >= 0.3 is 11.9 Å². The number of hydrogen-bond acceptors (Lipinski definition) is 4. The third kappa shape index (κ3) is 25.9. The van der Waals surface area contributed by atoms with Crippen LogP contribution in [0, 0.1) is 0 Å². The molecule has 274 valence electrons. The van der Waals surface area contributed by atoms with Crippen LogP contribution in [0.25, 0.3) is 0 Å². The van der Waals surface area contributed by atoms with E-state index in [1.54, 1.807) is 0 Å². The molecule has 2 unspecified atom stereocenters. The van der Waals surface area contributed by atoms with Gasteiger partial charge in [-0.1, -0.05) is 206 Å². The molecule has 0 aliphatic carbocycles. The third-order valence-electron chi connectivity index (χ3n) is 9.80. The van der Waals surface area contributed by atoms with Crippen LogP contribution in [0.5, 0.6) is 0 Å². The van der Waals surface area contributed by atoms with Crippen LogP contribution < -0.4 is 0 Å². The molecule has 2 atom stereocenters. The zero-order valence-electron chi connectivity index (χ0n) is 30.7. The number of unbranched alkanes of at least 4 members (excludes halogenated alkanes) is 30. The Morgan fingerprint density at radius 1 is 0.457 bits per heavy atom. The summed E-state index contributed by atoms with van der Waals surface area (Å²) in [5, 5.41) is 29.8. The third-order valence-corrected chi connectivity index (χ3v) is 9.80. The molecule has 0 aromatic heterocycles. The average Bonchev–Trinajstić information content (AvgIpc) is 3.04. The van der Waals surface area contributed by atoms with Crippen LogP contribution in [0.3, 0.4) is 0 Å². The van der Waals surface area contributed by atoms with E-state index in [2.05, 4.69) is 13.8 Å². The molecule has 0 radical (unpaired) electrons. The van der Waals surface area contributed by atoms with Crippen molar-refractivity contribution in [1.29, 1.82) is 0 Å². The van der Waals surface area contributed by atoms with Crippen LogP contribution in [0.2, 0.25) is 0 Å². The lowest BCUT2D eigenvalue weighted by Crippen LogP contribution is -2.55. The van der Waals surface area contributed by atoms with Gasteiger partial charge in [0.05, 0.1) is 0 Å². The predicted octanol–water partition coefficient (Wildman–Crippen LogP) is 12.2. The van der Waals surface area contributed by atoms with E-state index in [1.165, 1.54) is 161 Å². The molecule has 6 nitrogen and oxygen atoms in total. The Bertz CT molecular complexity index is 668. The molecular weight excluding hydrogens is 576 g/mol. The number of carbonyl (C=O) groups is 2. The van der Waals surface area contributed by atoms with Crippen molar-refractivity contribution in [3.63, 3.8) is 0 Å². The highest BCUT2D eigenvalue weighted by atomic mass is 16.5. The summed E-state index contributed by atoms with van der Waals surface area (Å²) in [6.45, 7) is 4.68. The Morgan fingerprint density at radius 3 is 0.978 bits per heavy atom. The molecule has 0 spiro atoms. The molecule has 0 fully saturated rings. The Labute approximate surface area is 285 Å². The zero-order valence-corrected chi connectivity index (χ0v) is 30.7. The SMILES string of the molecule is CCCCCCCCCCCCCCCCCCOC(CCCCCCCCCCCCCCCCCC)(C(=O)O)C(O)C(=O)O. The maximum atomic E-state index is 12.2. The van der Waals surface area contributed by atoms with Crippen molar-refractivity contribution in [2.24, 2.45) is 0 Å². The summed E-state index contributed by atoms with van der Waals surface area (Å²) in [4.78, 5) is 23.8. The topological polar surface area (TPSA) is 104 Å². The maximum Gasteiger partial charge on any atom is 0.339 e. The lowest BCUT2D eigenvalue weighted by molar-refractivity contribution is -0.195. The van der Waals surface area contributed by atoms with E-state index < -0.39 is 23.6 Å². The van der Waals surface area contributed by atoms with Crippen molar-refractivity contribution >= 4 is 11.9 Å². The van der Waals surface area contributed by atoms with Gasteiger partial charge in [0.25, 0.3) is 0 Å². The van der Waals surface area contributed by atoms with Gasteiger partial charge in [-0.3, -0.25) is 0 Å². The second-order valence-corrected chi connectivity index (χ2v) is 14.1. The Morgan fingerprint density at radius 2 is 0.717 bits per heavy atom. The fourth-order valence-electron chi connectivity index (χ4n) is 6.61. The lowest BCUT2D eigenvalue weighted by Gasteiger charge is -2.32. The van der Waals surface area contributed by atoms with Crippen molar-refractivity contribution in [1.82, 2.24) is 0 Å². The molecule has 0 aromatic rings. The van der Waals surface area contributed by atoms with Gasteiger partial charge in [-0.2, -0.15) is 0 Å². The molecule has 0 amide bonds. The van der Waals surface area contributed by atoms with Crippen LogP contribution in [-0.2, 0) is 14.3 Å². The van der Waals surface area contributed by atoms with Crippen molar-refractivity contribution in [3.8, 4) is 0 Å². The summed E-state index contributed by atoms with van der Waals surface area (Å²) in [5.74, 6) is -2.91. The molecule has 3 N–H and O–H groups in total. The molecule has 46 heavy (non-hydrogen) atoms. The van der Waals surface area contributed by atoms with Crippen molar-refractivity contribution < 1.29 is 29.6 Å². The highest BCUT2D eigenvalue weighted by Crippen LogP contribution is 2.27. The number of rotatable bonds is 38. The molecule has 0 aromatic carbocycles. The first kappa shape index (κ1) is 44.9. The van der Waals surface area contributed by atoms with Crippen LogP contribution in [-0.4, -0.2) is 45.6 Å². The summed E-state index contributed by atoms with van der Waals surface area (Å²) in [6.07, 6.45) is 37.4. The fraction of sp³-hybridized carbons (Fsp3) is 0.950. The van der Waals surface area contributed by atoms with Crippen LogP contribution >= 0.6 is 0 Å². The number of aliphatic carboxylic acids is 2. The summed E-state index contributed by atoms with van der Waals surface area (Å²) in [6, 6.07) is 0. The predicted molar refractivity (Wildman–Crippen MR) is 194 cm³/mol. The monoisotopic (exact) mass is 655 g/mol. The van der Waals surface area contributed by atoms with Gasteiger partial charge in [-0.05, 0) is 19.3 Å². The smallest absolute Gasteiger partial charge is 0.339 e. The van der Waals surface area contributed by atoms with E-state index in [-0.39, 0.29) is 13.0 Å². The number of carboxylic acid groups (broad SMARTS) is 2. The van der Waals surface area contributed by atoms with Gasteiger partial charge in [-0.15, -0.1) is 0 Å². The molecule has 0 saturated heterocycles. The molecule has 0 bridgehead atoms. The van der Waals surface area contributed by atoms with Gasteiger partial charge in [0.1, 0.15) is 0 Å². The summed E-state index contributed by atoms with van der Waals surface area (Å²) < 4.78 is 5.73. The molecular formula is C40H78O6.